The number of para-hydroxylation sites is 1. The van der Waals surface area contributed by atoms with Crippen LogP contribution < -0.4 is 5.56 Å². The van der Waals surface area contributed by atoms with Crippen molar-refractivity contribution < 1.29 is 18.3 Å². The summed E-state index contributed by atoms with van der Waals surface area (Å²) in [6.07, 6.45) is -5.36. The van der Waals surface area contributed by atoms with Crippen molar-refractivity contribution in [2.24, 2.45) is 0 Å². The number of likely N-dealkylation sites (tertiary alicyclic amines) is 1. The number of hydrogen-bond acceptors (Lipinski definition) is 3. The zero-order valence-corrected chi connectivity index (χ0v) is 12.4. The molecule has 0 bridgehead atoms. The van der Waals surface area contributed by atoms with Gasteiger partial charge in [-0.3, -0.25) is 9.69 Å². The molecule has 124 valence electrons. The Hall–Kier alpha value is -1.86. The average Bonchev–Trinajstić information content (AvgIpc) is 2.49. The molecule has 0 atom stereocenters. The van der Waals surface area contributed by atoms with Gasteiger partial charge in [-0.15, -0.1) is 0 Å². The Morgan fingerprint density at radius 3 is 2.52 bits per heavy atom. The molecule has 2 N–H and O–H groups in total. The van der Waals surface area contributed by atoms with Crippen LogP contribution in [0, 0.1) is 0 Å². The van der Waals surface area contributed by atoms with Crippen LogP contribution in [0.1, 0.15) is 18.4 Å². The molecular weight excluding hydrogens is 309 g/mol. The van der Waals surface area contributed by atoms with E-state index in [1.54, 1.807) is 17.0 Å². The molecule has 1 aliphatic heterocycles. The molecule has 0 radical (unpaired) electrons. The van der Waals surface area contributed by atoms with Gasteiger partial charge in [0.1, 0.15) is 0 Å². The molecule has 0 aliphatic carbocycles. The summed E-state index contributed by atoms with van der Waals surface area (Å²) in [5.41, 5.74) is -1.60. The van der Waals surface area contributed by atoms with E-state index in [1.807, 2.05) is 18.2 Å². The Labute approximate surface area is 130 Å². The molecule has 1 saturated heterocycles. The van der Waals surface area contributed by atoms with Crippen molar-refractivity contribution in [2.45, 2.75) is 31.2 Å². The number of benzene rings is 1. The number of halogens is 3. The van der Waals surface area contributed by atoms with Crippen LogP contribution in [-0.2, 0) is 6.54 Å². The molecule has 0 amide bonds. The van der Waals surface area contributed by atoms with Gasteiger partial charge in [0.15, 0.2) is 5.60 Å². The largest absolute Gasteiger partial charge is 0.417 e. The molecule has 2 aromatic rings. The second-order valence-corrected chi connectivity index (χ2v) is 6.02. The van der Waals surface area contributed by atoms with E-state index in [0.29, 0.717) is 5.56 Å². The van der Waals surface area contributed by atoms with E-state index in [0.717, 1.165) is 10.9 Å². The Morgan fingerprint density at radius 2 is 1.87 bits per heavy atom. The smallest absolute Gasteiger partial charge is 0.380 e. The Kier molecular flexibility index (Phi) is 3.93. The highest BCUT2D eigenvalue weighted by molar-refractivity contribution is 5.78. The van der Waals surface area contributed by atoms with Gasteiger partial charge in [-0.05, 0) is 30.4 Å². The van der Waals surface area contributed by atoms with E-state index in [-0.39, 0.29) is 38.0 Å². The molecule has 1 aromatic carbocycles. The number of aromatic nitrogens is 1. The van der Waals surface area contributed by atoms with Crippen molar-refractivity contribution in [3.8, 4) is 0 Å². The average molecular weight is 326 g/mol. The summed E-state index contributed by atoms with van der Waals surface area (Å²) >= 11 is 0. The Morgan fingerprint density at radius 1 is 1.22 bits per heavy atom. The van der Waals surface area contributed by atoms with Gasteiger partial charge in [-0.25, -0.2) is 0 Å². The molecule has 1 fully saturated rings. The third kappa shape index (κ3) is 3.11. The summed E-state index contributed by atoms with van der Waals surface area (Å²) in [6.45, 7) is 0.471. The number of fused-ring (bicyclic) bond motifs is 1. The maximum absolute atomic E-state index is 12.8. The molecule has 7 heteroatoms. The van der Waals surface area contributed by atoms with Crippen LogP contribution in [0.4, 0.5) is 13.2 Å². The van der Waals surface area contributed by atoms with Gasteiger partial charge in [0.25, 0.3) is 5.56 Å². The van der Waals surface area contributed by atoms with Crippen molar-refractivity contribution >= 4 is 10.9 Å². The lowest BCUT2D eigenvalue weighted by Gasteiger charge is -2.39. The first kappa shape index (κ1) is 16.0. The normalized spacial score (nSPS) is 19.1. The molecule has 23 heavy (non-hydrogen) atoms. The second-order valence-electron chi connectivity index (χ2n) is 6.02. The van der Waals surface area contributed by atoms with E-state index in [9.17, 15) is 23.1 Å². The number of hydrogen-bond donors (Lipinski definition) is 2. The van der Waals surface area contributed by atoms with Crippen molar-refractivity contribution in [3.05, 3.63) is 46.2 Å². The van der Waals surface area contributed by atoms with Gasteiger partial charge in [-0.1, -0.05) is 18.2 Å². The number of alkyl halides is 3. The number of nitrogens with one attached hydrogen (secondary N) is 1. The van der Waals surface area contributed by atoms with E-state index < -0.39 is 11.8 Å². The zero-order chi connectivity index (χ0) is 16.7. The molecule has 0 saturated carbocycles. The van der Waals surface area contributed by atoms with Gasteiger partial charge in [-0.2, -0.15) is 13.2 Å². The predicted molar refractivity (Wildman–Crippen MR) is 80.1 cm³/mol. The first-order valence-corrected chi connectivity index (χ1v) is 7.41. The highest BCUT2D eigenvalue weighted by Gasteiger charge is 2.54. The standard InChI is InChI=1S/C16H17F3N2O2/c17-16(18,19)15(23)5-7-21(8-6-15)10-12-9-11-3-1-2-4-13(11)20-14(12)22/h1-4,9,23H,5-8,10H2,(H,20,22). The van der Waals surface area contributed by atoms with Gasteiger partial charge >= 0.3 is 6.18 Å². The third-order valence-corrected chi connectivity index (χ3v) is 4.44. The minimum Gasteiger partial charge on any atom is -0.380 e. The maximum Gasteiger partial charge on any atom is 0.417 e. The zero-order valence-electron chi connectivity index (χ0n) is 12.4. The molecule has 0 unspecified atom stereocenters. The van der Waals surface area contributed by atoms with Crippen molar-refractivity contribution in [2.75, 3.05) is 13.1 Å². The highest BCUT2D eigenvalue weighted by atomic mass is 19.4. The number of rotatable bonds is 2. The number of pyridine rings is 1. The van der Waals surface area contributed by atoms with Crippen molar-refractivity contribution in [1.29, 1.82) is 0 Å². The van der Waals surface area contributed by atoms with Crippen LogP contribution in [0.3, 0.4) is 0 Å². The second kappa shape index (κ2) is 5.65. The number of H-pyrrole nitrogens is 1. The fourth-order valence-electron chi connectivity index (χ4n) is 2.92. The van der Waals surface area contributed by atoms with Crippen LogP contribution in [0.15, 0.2) is 35.1 Å². The van der Waals surface area contributed by atoms with Gasteiger partial charge in [0, 0.05) is 30.7 Å². The minimum atomic E-state index is -4.61. The van der Waals surface area contributed by atoms with E-state index in [4.69, 9.17) is 0 Å². The molecule has 3 rings (SSSR count). The van der Waals surface area contributed by atoms with Crippen LogP contribution in [0.25, 0.3) is 10.9 Å². The molecule has 4 nitrogen and oxygen atoms in total. The fraction of sp³-hybridized carbons (Fsp3) is 0.438. The Bertz CT molecular complexity index is 762. The minimum absolute atomic E-state index is 0.0995. The summed E-state index contributed by atoms with van der Waals surface area (Å²) in [5.74, 6) is 0. The van der Waals surface area contributed by atoms with Crippen molar-refractivity contribution in [1.82, 2.24) is 9.88 Å². The molecule has 1 aromatic heterocycles. The molecule has 2 heterocycles. The monoisotopic (exact) mass is 326 g/mol. The van der Waals surface area contributed by atoms with E-state index >= 15 is 0 Å². The van der Waals surface area contributed by atoms with Crippen LogP contribution in [-0.4, -0.2) is 39.9 Å². The van der Waals surface area contributed by atoms with Gasteiger partial charge < -0.3 is 10.1 Å². The van der Waals surface area contributed by atoms with Crippen LogP contribution >= 0.6 is 0 Å². The molecule has 0 spiro atoms. The summed E-state index contributed by atoms with van der Waals surface area (Å²) in [6, 6.07) is 9.10. The SMILES string of the molecule is O=c1[nH]c2ccccc2cc1CN1CCC(O)(C(F)(F)F)CC1. The first-order chi connectivity index (χ1) is 10.8. The quantitative estimate of drug-likeness (QED) is 0.891. The number of aromatic amines is 1. The predicted octanol–water partition coefficient (Wildman–Crippen LogP) is 2.42. The summed E-state index contributed by atoms with van der Waals surface area (Å²) in [7, 11) is 0. The summed E-state index contributed by atoms with van der Waals surface area (Å²) in [4.78, 5) is 16.6. The maximum atomic E-state index is 12.8. The number of aliphatic hydroxyl groups is 1. The topological polar surface area (TPSA) is 56.3 Å². The van der Waals surface area contributed by atoms with Crippen LogP contribution in [0.2, 0.25) is 0 Å². The third-order valence-electron chi connectivity index (χ3n) is 4.44. The number of piperidine rings is 1. The van der Waals surface area contributed by atoms with Gasteiger partial charge in [0.05, 0.1) is 0 Å². The lowest BCUT2D eigenvalue weighted by Crippen LogP contribution is -2.53. The van der Waals surface area contributed by atoms with E-state index in [1.165, 1.54) is 0 Å². The summed E-state index contributed by atoms with van der Waals surface area (Å²) in [5, 5.41) is 10.5. The van der Waals surface area contributed by atoms with Crippen LogP contribution in [0.5, 0.6) is 0 Å². The fourth-order valence-corrected chi connectivity index (χ4v) is 2.92. The van der Waals surface area contributed by atoms with Gasteiger partial charge in [0.2, 0.25) is 0 Å². The lowest BCUT2D eigenvalue weighted by atomic mass is 9.90. The lowest BCUT2D eigenvalue weighted by molar-refractivity contribution is -0.272. The highest BCUT2D eigenvalue weighted by Crippen LogP contribution is 2.38. The molecular formula is C16H17F3N2O2. The number of nitrogens with zero attached hydrogens (tertiary/aromatic N) is 1. The van der Waals surface area contributed by atoms with Crippen molar-refractivity contribution in [3.63, 3.8) is 0 Å². The Balaban J connectivity index is 1.74. The first-order valence-electron chi connectivity index (χ1n) is 7.41. The molecule has 1 aliphatic rings. The summed E-state index contributed by atoms with van der Waals surface area (Å²) < 4.78 is 38.4. The van der Waals surface area contributed by atoms with E-state index in [2.05, 4.69) is 4.98 Å².